The molecule has 8 unspecified atom stereocenters. The molecule has 0 aliphatic carbocycles. The van der Waals surface area contributed by atoms with Gasteiger partial charge in [-0.15, -0.1) is 20.4 Å². The molecule has 8 atom stereocenters. The number of Topliss-reactive ketones (excluding diaryl/α,β-unsaturated/α-hetero) is 2. The SMILES string of the molecule is CC(C)C(NC(=O)OC(C)(C)C)C(=O)N1CCCC1C(=O)O.CC(C)C(NC(=O)OC(C)(C)C)C(=O)N1CCCC1CNC(CC(=O)C1CCn2c(nnc2C(F)(F)F)C1)Cc1cc(F)c(F)cc1F.NC(CC(=O)C1CCn2c(nnc2C(F)(F)F)C1)Cc1cc(F)c(F)cc1F. The van der Waals surface area contributed by atoms with Crippen molar-refractivity contribution in [3.63, 3.8) is 0 Å². The molecule has 34 heteroatoms. The molecule has 2 aromatic heterocycles. The van der Waals surface area contributed by atoms with Crippen LogP contribution >= 0.6 is 0 Å². The van der Waals surface area contributed by atoms with Crippen molar-refractivity contribution < 1.29 is 101 Å². The number of alkyl halides is 6. The van der Waals surface area contributed by atoms with Gasteiger partial charge in [-0.2, -0.15) is 26.3 Å². The predicted octanol–water partition coefficient (Wildman–Crippen LogP) is 9.39. The summed E-state index contributed by atoms with van der Waals surface area (Å²) in [6, 6.07) is -2.23. The smallest absolute Gasteiger partial charge is 0.451 e. The van der Waals surface area contributed by atoms with E-state index in [1.165, 1.54) is 4.90 Å². The first-order valence-electron chi connectivity index (χ1n) is 32.0. The van der Waals surface area contributed by atoms with Crippen LogP contribution < -0.4 is 21.7 Å². The van der Waals surface area contributed by atoms with E-state index in [1.54, 1.807) is 74.1 Å². The predicted molar refractivity (Wildman–Crippen MR) is 326 cm³/mol. The van der Waals surface area contributed by atoms with Crippen molar-refractivity contribution in [2.75, 3.05) is 19.6 Å². The van der Waals surface area contributed by atoms with Crippen LogP contribution in [0.5, 0.6) is 0 Å². The molecule has 2 fully saturated rings. The number of amides is 4. The van der Waals surface area contributed by atoms with Crippen LogP contribution in [-0.2, 0) is 84.6 Å². The highest BCUT2D eigenvalue weighted by molar-refractivity contribution is 5.90. The minimum atomic E-state index is -4.69. The Labute approximate surface area is 557 Å². The van der Waals surface area contributed by atoms with Crippen molar-refractivity contribution in [2.45, 2.75) is 219 Å². The summed E-state index contributed by atoms with van der Waals surface area (Å²) < 4.78 is 173. The Kier molecular flexibility index (Phi) is 26.5. The largest absolute Gasteiger partial charge is 0.480 e. The van der Waals surface area contributed by atoms with Gasteiger partial charge in [0.2, 0.25) is 23.5 Å². The molecule has 4 aromatic rings. The maximum absolute atomic E-state index is 14.7. The van der Waals surface area contributed by atoms with E-state index in [-0.39, 0.29) is 135 Å². The lowest BCUT2D eigenvalue weighted by molar-refractivity contribution is -0.149. The molecular formula is C64H84F12N12O10. The van der Waals surface area contributed by atoms with Crippen molar-refractivity contribution >= 4 is 41.5 Å². The highest BCUT2D eigenvalue weighted by atomic mass is 19.4. The number of aromatic nitrogens is 6. The first-order valence-corrected chi connectivity index (χ1v) is 32.0. The molecule has 2 aromatic carbocycles. The van der Waals surface area contributed by atoms with Crippen LogP contribution in [0.3, 0.4) is 0 Å². The molecule has 22 nitrogen and oxygen atoms in total. The van der Waals surface area contributed by atoms with Crippen LogP contribution in [0, 0.1) is 58.6 Å². The number of nitrogens with two attached hydrogens (primary N) is 1. The van der Waals surface area contributed by atoms with E-state index in [4.69, 9.17) is 15.2 Å². The number of fused-ring (bicyclic) bond motifs is 2. The molecule has 4 aliphatic heterocycles. The Hall–Kier alpha value is -7.91. The lowest BCUT2D eigenvalue weighted by Gasteiger charge is -2.33. The molecule has 0 bridgehead atoms. The summed E-state index contributed by atoms with van der Waals surface area (Å²) in [7, 11) is 0. The van der Waals surface area contributed by atoms with E-state index in [0.717, 1.165) is 15.2 Å². The van der Waals surface area contributed by atoms with Crippen molar-refractivity contribution in [3.05, 3.63) is 93.6 Å². The third kappa shape index (κ3) is 21.8. The molecule has 0 saturated carbocycles. The Morgan fingerprint density at radius 3 is 1.40 bits per heavy atom. The Bertz CT molecular complexity index is 3500. The first-order chi connectivity index (χ1) is 45.4. The molecule has 4 aliphatic rings. The maximum Gasteiger partial charge on any atom is 0.451 e. The van der Waals surface area contributed by atoms with Gasteiger partial charge < -0.3 is 55.2 Å². The number of aliphatic carboxylic acids is 1. The zero-order chi connectivity index (χ0) is 73.3. The summed E-state index contributed by atoms with van der Waals surface area (Å²) in [6.07, 6.45) is -8.94. The zero-order valence-electron chi connectivity index (χ0n) is 55.9. The Balaban J connectivity index is 0.000000256. The van der Waals surface area contributed by atoms with Gasteiger partial charge in [0.05, 0.1) is 0 Å². The number of nitrogens with one attached hydrogen (secondary N) is 3. The quantitative estimate of drug-likeness (QED) is 0.0407. The van der Waals surface area contributed by atoms with Crippen LogP contribution in [0.25, 0.3) is 0 Å². The number of carboxylic acid groups (broad SMARTS) is 1. The van der Waals surface area contributed by atoms with Gasteiger partial charge in [-0.3, -0.25) is 19.2 Å². The standard InChI is InChI=1S/C32H42F6N6O4.C17H16F6N4O.C15H26N2O5/c1-17(2)27(40-30(47)48-31(3,4)5)28(46)43-9-6-7-21(43)16-39-20(11-19-12-23(34)24(35)15-22(19)33)14-25(45)18-8-10-44-26(13-18)41-42-29(44)32(36,37)38;18-11-7-13(20)12(19)4-9(11)3-10(24)6-14(28)8-1-2-27-15(5-8)25-26-16(27)17(21,22)23;1-9(2)11(16-14(21)22-15(3,4)5)12(18)17-8-6-7-10(17)13(19)20/h12,15,17-18,20-21,27,39H,6-11,13-14,16H2,1-5H3,(H,40,47);4,7-8,10H,1-3,5-6,24H2;9-11H,6-8H2,1-5H3,(H,16,21)(H,19,20). The number of rotatable bonds is 20. The topological polar surface area (TPSA) is 288 Å². The number of ketones is 2. The summed E-state index contributed by atoms with van der Waals surface area (Å²) in [4.78, 5) is 90.7. The van der Waals surface area contributed by atoms with Gasteiger partial charge in [-0.1, -0.05) is 27.7 Å². The average molecular weight is 1410 g/mol. The molecule has 6 N–H and O–H groups in total. The van der Waals surface area contributed by atoms with E-state index >= 15 is 0 Å². The molecule has 544 valence electrons. The van der Waals surface area contributed by atoms with Crippen molar-refractivity contribution in [1.29, 1.82) is 0 Å². The summed E-state index contributed by atoms with van der Waals surface area (Å²) in [5.74, 6) is -13.3. The number of alkyl carbamates (subject to hydrolysis) is 2. The second-order valence-corrected chi connectivity index (χ2v) is 27.5. The number of likely N-dealkylation sites (tertiary alicyclic amines) is 2. The van der Waals surface area contributed by atoms with E-state index in [9.17, 15) is 91.4 Å². The van der Waals surface area contributed by atoms with Gasteiger partial charge in [0.25, 0.3) is 0 Å². The Morgan fingerprint density at radius 1 is 0.561 bits per heavy atom. The Morgan fingerprint density at radius 2 is 0.969 bits per heavy atom. The maximum atomic E-state index is 14.7. The summed E-state index contributed by atoms with van der Waals surface area (Å²) in [6.45, 7) is 18.3. The van der Waals surface area contributed by atoms with Crippen LogP contribution in [0.4, 0.5) is 62.3 Å². The first kappa shape index (κ1) is 79.1. The molecule has 8 rings (SSSR count). The summed E-state index contributed by atoms with van der Waals surface area (Å²) in [5, 5.41) is 31.2. The fourth-order valence-corrected chi connectivity index (χ4v) is 11.9. The van der Waals surface area contributed by atoms with Crippen LogP contribution in [0.2, 0.25) is 0 Å². The average Bonchev–Trinajstić information content (AvgIpc) is 1.63. The van der Waals surface area contributed by atoms with Gasteiger partial charge in [0.1, 0.15) is 64.2 Å². The van der Waals surface area contributed by atoms with E-state index < -0.39 is 130 Å². The number of halogens is 12. The molecule has 0 spiro atoms. The van der Waals surface area contributed by atoms with Crippen LogP contribution in [-0.4, -0.2) is 153 Å². The third-order valence-electron chi connectivity index (χ3n) is 16.7. The minimum absolute atomic E-state index is 0.00578. The number of carbonyl (C=O) groups excluding carboxylic acids is 6. The summed E-state index contributed by atoms with van der Waals surface area (Å²) in [5.41, 5.74) is 4.09. The van der Waals surface area contributed by atoms with Gasteiger partial charge in [0, 0.05) is 101 Å². The van der Waals surface area contributed by atoms with E-state index in [1.807, 2.05) is 0 Å². The fourth-order valence-electron chi connectivity index (χ4n) is 11.9. The molecule has 6 heterocycles. The lowest BCUT2D eigenvalue weighted by Crippen LogP contribution is -2.55. The number of hydrogen-bond acceptors (Lipinski definition) is 15. The number of nitrogens with zero attached hydrogens (tertiary/aromatic N) is 8. The normalized spacial score (nSPS) is 19.2. The van der Waals surface area contributed by atoms with Gasteiger partial charge in [-0.05, 0) is 128 Å². The fraction of sp³-hybridized carbons (Fsp3) is 0.641. The number of benzene rings is 2. The van der Waals surface area contributed by atoms with Crippen molar-refractivity contribution in [1.82, 2.24) is 55.3 Å². The second kappa shape index (κ2) is 32.8. The number of carbonyl (C=O) groups is 7. The monoisotopic (exact) mass is 1410 g/mol. The molecule has 98 heavy (non-hydrogen) atoms. The van der Waals surface area contributed by atoms with Crippen molar-refractivity contribution in [2.24, 2.45) is 29.4 Å². The van der Waals surface area contributed by atoms with Gasteiger partial charge >= 0.3 is 30.5 Å². The molecule has 2 saturated heterocycles. The zero-order valence-corrected chi connectivity index (χ0v) is 55.9. The second-order valence-electron chi connectivity index (χ2n) is 27.5. The lowest BCUT2D eigenvalue weighted by atomic mass is 9.88. The third-order valence-corrected chi connectivity index (χ3v) is 16.7. The molecule has 0 radical (unpaired) electrons. The van der Waals surface area contributed by atoms with E-state index in [0.29, 0.717) is 57.0 Å². The van der Waals surface area contributed by atoms with Crippen LogP contribution in [0.1, 0.15) is 155 Å². The number of ether oxygens (including phenoxy) is 2. The van der Waals surface area contributed by atoms with Crippen LogP contribution in [0.15, 0.2) is 24.3 Å². The molecule has 4 amide bonds. The number of hydrogen-bond donors (Lipinski definition) is 5. The van der Waals surface area contributed by atoms with Gasteiger partial charge in [0.15, 0.2) is 23.3 Å². The summed E-state index contributed by atoms with van der Waals surface area (Å²) >= 11 is 0. The highest BCUT2D eigenvalue weighted by Gasteiger charge is 2.44. The highest BCUT2D eigenvalue weighted by Crippen LogP contribution is 2.34. The van der Waals surface area contributed by atoms with Gasteiger partial charge in [-0.25, -0.2) is 40.7 Å². The minimum Gasteiger partial charge on any atom is -0.480 e. The molecular weight excluding hydrogens is 1320 g/mol. The number of carboxylic acids is 1. The van der Waals surface area contributed by atoms with Crippen molar-refractivity contribution in [3.8, 4) is 0 Å². The van der Waals surface area contributed by atoms with E-state index in [2.05, 4.69) is 36.3 Å².